The number of phenols is 2. The molecular weight excluding hydrogens is 290 g/mol. The van der Waals surface area contributed by atoms with Gasteiger partial charge in [-0.2, -0.15) is 0 Å². The number of piperazine rings is 1. The Labute approximate surface area is 128 Å². The van der Waals surface area contributed by atoms with E-state index >= 15 is 0 Å². The minimum Gasteiger partial charge on any atom is -0.508 e. The van der Waals surface area contributed by atoms with Gasteiger partial charge in [0, 0.05) is 26.2 Å². The smallest absolute Gasteiger partial charge is 0.257 e. The van der Waals surface area contributed by atoms with E-state index in [0.717, 1.165) is 0 Å². The van der Waals surface area contributed by atoms with E-state index in [0.29, 0.717) is 31.2 Å². The van der Waals surface area contributed by atoms with Crippen molar-refractivity contribution in [3.05, 3.63) is 23.8 Å². The van der Waals surface area contributed by atoms with Crippen LogP contribution in [0.2, 0.25) is 0 Å². The summed E-state index contributed by atoms with van der Waals surface area (Å²) in [6, 6.07) is 3.94. The molecule has 1 heterocycles. The van der Waals surface area contributed by atoms with Crippen LogP contribution < -0.4 is 5.73 Å². The van der Waals surface area contributed by atoms with E-state index in [-0.39, 0.29) is 29.0 Å². The summed E-state index contributed by atoms with van der Waals surface area (Å²) in [4.78, 5) is 16.6. The van der Waals surface area contributed by atoms with Gasteiger partial charge in [-0.05, 0) is 25.1 Å². The zero-order valence-corrected chi connectivity index (χ0v) is 12.6. The van der Waals surface area contributed by atoms with Crippen LogP contribution in [0.15, 0.2) is 18.2 Å². The lowest BCUT2D eigenvalue weighted by atomic mass is 10.1. The zero-order chi connectivity index (χ0) is 15.6. The number of amides is 1. The first kappa shape index (κ1) is 15.5. The molecule has 0 spiro atoms. The SMILES string of the molecule is CC(C(N)=S)N1CCN(C(=O)c2cc(O)ccc2O)CC1. The molecule has 1 fully saturated rings. The fourth-order valence-electron chi connectivity index (χ4n) is 2.36. The van der Waals surface area contributed by atoms with Gasteiger partial charge in [-0.25, -0.2) is 0 Å². The minimum atomic E-state index is -0.286. The Bertz CT molecular complexity index is 556. The first-order valence-electron chi connectivity index (χ1n) is 6.74. The predicted octanol–water partition coefficient (Wildman–Crippen LogP) is 0.530. The molecule has 0 aromatic heterocycles. The second kappa shape index (κ2) is 6.28. The predicted molar refractivity (Wildman–Crippen MR) is 83.5 cm³/mol. The Kier molecular flexibility index (Phi) is 4.64. The second-order valence-corrected chi connectivity index (χ2v) is 5.58. The zero-order valence-electron chi connectivity index (χ0n) is 11.8. The summed E-state index contributed by atoms with van der Waals surface area (Å²) < 4.78 is 0. The normalized spacial score (nSPS) is 17.5. The van der Waals surface area contributed by atoms with Crippen LogP contribution in [-0.2, 0) is 0 Å². The minimum absolute atomic E-state index is 0.00595. The number of rotatable bonds is 3. The van der Waals surface area contributed by atoms with Crippen LogP contribution in [0.1, 0.15) is 17.3 Å². The second-order valence-electron chi connectivity index (χ2n) is 5.11. The molecule has 0 saturated carbocycles. The lowest BCUT2D eigenvalue weighted by molar-refractivity contribution is 0.0618. The van der Waals surface area contributed by atoms with Crippen LogP contribution in [-0.4, -0.2) is 63.1 Å². The van der Waals surface area contributed by atoms with Gasteiger partial charge in [0.05, 0.1) is 16.6 Å². The summed E-state index contributed by atoms with van der Waals surface area (Å²) in [5.74, 6) is -0.459. The van der Waals surface area contributed by atoms with E-state index in [1.807, 2.05) is 6.92 Å². The third-order valence-electron chi connectivity index (χ3n) is 3.77. The highest BCUT2D eigenvalue weighted by molar-refractivity contribution is 7.80. The highest BCUT2D eigenvalue weighted by atomic mass is 32.1. The third-order valence-corrected chi connectivity index (χ3v) is 4.11. The highest BCUT2D eigenvalue weighted by Gasteiger charge is 2.26. The van der Waals surface area contributed by atoms with Crippen LogP contribution in [0.25, 0.3) is 0 Å². The summed E-state index contributed by atoms with van der Waals surface area (Å²) in [6.07, 6.45) is 0. The van der Waals surface area contributed by atoms with E-state index in [1.54, 1.807) is 4.90 Å². The third kappa shape index (κ3) is 3.43. The van der Waals surface area contributed by atoms with Gasteiger partial charge >= 0.3 is 0 Å². The number of carbonyl (C=O) groups is 1. The molecule has 1 aromatic rings. The maximum Gasteiger partial charge on any atom is 0.257 e. The molecule has 4 N–H and O–H groups in total. The topological polar surface area (TPSA) is 90.0 Å². The van der Waals surface area contributed by atoms with Gasteiger partial charge in [0.25, 0.3) is 5.91 Å². The maximum atomic E-state index is 12.4. The van der Waals surface area contributed by atoms with Gasteiger partial charge in [0.1, 0.15) is 11.5 Å². The molecule has 2 rings (SSSR count). The van der Waals surface area contributed by atoms with Crippen LogP contribution >= 0.6 is 12.2 Å². The Morgan fingerprint density at radius 3 is 2.48 bits per heavy atom. The van der Waals surface area contributed by atoms with Crippen LogP contribution in [0.4, 0.5) is 0 Å². The summed E-state index contributed by atoms with van der Waals surface area (Å²) in [5, 5.41) is 19.2. The van der Waals surface area contributed by atoms with Crippen molar-refractivity contribution in [2.75, 3.05) is 26.2 Å². The van der Waals surface area contributed by atoms with Gasteiger partial charge in [0.15, 0.2) is 0 Å². The van der Waals surface area contributed by atoms with Gasteiger partial charge in [-0.3, -0.25) is 9.69 Å². The van der Waals surface area contributed by atoms with Crippen molar-refractivity contribution < 1.29 is 15.0 Å². The molecule has 21 heavy (non-hydrogen) atoms. The Balaban J connectivity index is 2.03. The fourth-order valence-corrected chi connectivity index (χ4v) is 2.51. The van der Waals surface area contributed by atoms with Crippen molar-refractivity contribution in [2.45, 2.75) is 13.0 Å². The van der Waals surface area contributed by atoms with Crippen LogP contribution in [0.5, 0.6) is 11.5 Å². The molecule has 1 atom stereocenters. The Morgan fingerprint density at radius 1 is 1.29 bits per heavy atom. The van der Waals surface area contributed by atoms with Crippen molar-refractivity contribution >= 4 is 23.1 Å². The Morgan fingerprint density at radius 2 is 1.90 bits per heavy atom. The molecule has 114 valence electrons. The molecule has 7 heteroatoms. The van der Waals surface area contributed by atoms with Crippen molar-refractivity contribution in [3.63, 3.8) is 0 Å². The largest absolute Gasteiger partial charge is 0.508 e. The van der Waals surface area contributed by atoms with E-state index in [9.17, 15) is 15.0 Å². The molecule has 1 aliphatic rings. The number of carbonyl (C=O) groups excluding carboxylic acids is 1. The van der Waals surface area contributed by atoms with Crippen molar-refractivity contribution in [2.24, 2.45) is 5.73 Å². The molecule has 0 aliphatic carbocycles. The summed E-state index contributed by atoms with van der Waals surface area (Å²) in [6.45, 7) is 4.34. The fraction of sp³-hybridized carbons (Fsp3) is 0.429. The molecular formula is C14H19N3O3S. The van der Waals surface area contributed by atoms with E-state index < -0.39 is 0 Å². The van der Waals surface area contributed by atoms with Crippen LogP contribution in [0, 0.1) is 0 Å². The first-order chi connectivity index (χ1) is 9.90. The maximum absolute atomic E-state index is 12.4. The summed E-state index contributed by atoms with van der Waals surface area (Å²) in [5.41, 5.74) is 5.75. The van der Waals surface area contributed by atoms with Gasteiger partial charge in [0.2, 0.25) is 0 Å². The monoisotopic (exact) mass is 309 g/mol. The molecule has 1 amide bonds. The van der Waals surface area contributed by atoms with Gasteiger partial charge in [-0.15, -0.1) is 0 Å². The molecule has 1 aromatic carbocycles. The molecule has 0 bridgehead atoms. The van der Waals surface area contributed by atoms with E-state index in [2.05, 4.69) is 4.90 Å². The molecule has 6 nitrogen and oxygen atoms in total. The first-order valence-corrected chi connectivity index (χ1v) is 7.15. The number of benzene rings is 1. The lowest BCUT2D eigenvalue weighted by Crippen LogP contribution is -2.53. The highest BCUT2D eigenvalue weighted by Crippen LogP contribution is 2.24. The van der Waals surface area contributed by atoms with Crippen molar-refractivity contribution in [3.8, 4) is 11.5 Å². The number of phenolic OH excluding ortho intramolecular Hbond substituents is 2. The van der Waals surface area contributed by atoms with Gasteiger partial charge < -0.3 is 20.8 Å². The summed E-state index contributed by atoms with van der Waals surface area (Å²) in [7, 11) is 0. The van der Waals surface area contributed by atoms with Crippen molar-refractivity contribution in [1.82, 2.24) is 9.80 Å². The molecule has 1 unspecified atom stereocenters. The van der Waals surface area contributed by atoms with Gasteiger partial charge in [-0.1, -0.05) is 12.2 Å². The quantitative estimate of drug-likeness (QED) is 0.557. The van der Waals surface area contributed by atoms with E-state index in [4.69, 9.17) is 18.0 Å². The number of aromatic hydroxyl groups is 2. The number of thiocarbonyl (C=S) groups is 1. The summed E-state index contributed by atoms with van der Waals surface area (Å²) >= 11 is 4.98. The number of nitrogens with two attached hydrogens (primary N) is 1. The average molecular weight is 309 g/mol. The lowest BCUT2D eigenvalue weighted by Gasteiger charge is -2.37. The van der Waals surface area contributed by atoms with Crippen LogP contribution in [0.3, 0.4) is 0 Å². The number of hydrogen-bond donors (Lipinski definition) is 3. The Hall–Kier alpha value is -1.86. The van der Waals surface area contributed by atoms with E-state index in [1.165, 1.54) is 18.2 Å². The molecule has 1 saturated heterocycles. The molecule has 1 aliphatic heterocycles. The number of nitrogens with zero attached hydrogens (tertiary/aromatic N) is 2. The molecule has 0 radical (unpaired) electrons. The van der Waals surface area contributed by atoms with Crippen molar-refractivity contribution in [1.29, 1.82) is 0 Å². The average Bonchev–Trinajstić information content (AvgIpc) is 2.48. The standard InChI is InChI=1S/C14H19N3O3S/c1-9(13(15)21)16-4-6-17(7-5-16)14(20)11-8-10(18)2-3-12(11)19/h2-3,8-9,18-19H,4-7H2,1H3,(H2,15,21). The number of hydrogen-bond acceptors (Lipinski definition) is 5.